The van der Waals surface area contributed by atoms with Gasteiger partial charge in [0.1, 0.15) is 17.6 Å². The van der Waals surface area contributed by atoms with Gasteiger partial charge < -0.3 is 14.6 Å². The Labute approximate surface area is 131 Å². The number of nitrogens with zero attached hydrogens (tertiary/aromatic N) is 2. The van der Waals surface area contributed by atoms with Gasteiger partial charge in [0, 0.05) is 25.9 Å². The summed E-state index contributed by atoms with van der Waals surface area (Å²) in [6, 6.07) is 7.42. The Bertz CT molecular complexity index is 617. The fourth-order valence-corrected chi connectivity index (χ4v) is 2.34. The molecule has 0 saturated carbocycles. The van der Waals surface area contributed by atoms with Crippen molar-refractivity contribution < 1.29 is 9.53 Å². The molecule has 1 aromatic heterocycles. The van der Waals surface area contributed by atoms with Crippen LogP contribution < -0.4 is 10.1 Å². The normalized spacial score (nSPS) is 12.2. The largest absolute Gasteiger partial charge is 0.497 e. The van der Waals surface area contributed by atoms with Crippen molar-refractivity contribution in [3.8, 4) is 5.75 Å². The molecule has 1 amide bonds. The molecule has 5 heteroatoms. The molecule has 0 bridgehead atoms. The van der Waals surface area contributed by atoms with Crippen molar-refractivity contribution in [1.29, 1.82) is 0 Å². The van der Waals surface area contributed by atoms with Gasteiger partial charge in [-0.15, -0.1) is 0 Å². The van der Waals surface area contributed by atoms with Crippen molar-refractivity contribution in [2.75, 3.05) is 7.11 Å². The third-order valence-electron chi connectivity index (χ3n) is 3.46. The first-order valence-corrected chi connectivity index (χ1v) is 7.41. The zero-order chi connectivity index (χ0) is 16.1. The minimum absolute atomic E-state index is 0.0267. The van der Waals surface area contributed by atoms with E-state index in [1.54, 1.807) is 13.3 Å². The highest BCUT2D eigenvalue weighted by atomic mass is 16.5. The number of rotatable bonds is 6. The van der Waals surface area contributed by atoms with Crippen LogP contribution in [0.5, 0.6) is 5.75 Å². The molecule has 2 rings (SSSR count). The average molecular weight is 301 g/mol. The van der Waals surface area contributed by atoms with Crippen molar-refractivity contribution >= 4 is 5.91 Å². The van der Waals surface area contributed by atoms with Crippen LogP contribution >= 0.6 is 0 Å². The van der Waals surface area contributed by atoms with Gasteiger partial charge in [-0.2, -0.15) is 0 Å². The lowest BCUT2D eigenvalue weighted by Gasteiger charge is -2.20. The Hall–Kier alpha value is -2.30. The summed E-state index contributed by atoms with van der Waals surface area (Å²) in [5.41, 5.74) is 0.979. The van der Waals surface area contributed by atoms with Gasteiger partial charge in [0.15, 0.2) is 0 Å². The quantitative estimate of drug-likeness (QED) is 0.892. The van der Waals surface area contributed by atoms with E-state index in [9.17, 15) is 4.79 Å². The highest BCUT2D eigenvalue weighted by Gasteiger charge is 2.21. The zero-order valence-corrected chi connectivity index (χ0v) is 13.5. The number of amides is 1. The Morgan fingerprint density at radius 2 is 2.00 bits per heavy atom. The molecule has 0 aliphatic rings. The van der Waals surface area contributed by atoms with Crippen LogP contribution in [0.3, 0.4) is 0 Å². The number of hydrogen-bond donors (Lipinski definition) is 1. The number of hydrogen-bond acceptors (Lipinski definition) is 3. The Morgan fingerprint density at radius 1 is 1.32 bits per heavy atom. The second kappa shape index (κ2) is 7.11. The molecule has 5 nitrogen and oxygen atoms in total. The molecule has 0 aliphatic carbocycles. The van der Waals surface area contributed by atoms with Gasteiger partial charge in [-0.05, 0) is 23.6 Å². The molecular weight excluding hydrogens is 278 g/mol. The van der Waals surface area contributed by atoms with Gasteiger partial charge in [-0.3, -0.25) is 4.79 Å². The Balaban J connectivity index is 2.28. The standard InChI is InChI=1S/C17H23N3O2/c1-12(2)11-15(21)19-16(17-18-9-10-20(17)3)13-5-7-14(22-4)8-6-13/h5-10,12,16H,11H2,1-4H3,(H,19,21). The number of carbonyl (C=O) groups excluding carboxylic acids is 1. The topological polar surface area (TPSA) is 56.1 Å². The lowest BCUT2D eigenvalue weighted by Crippen LogP contribution is -2.31. The third-order valence-corrected chi connectivity index (χ3v) is 3.46. The van der Waals surface area contributed by atoms with Crippen LogP contribution in [0.1, 0.15) is 37.7 Å². The number of benzene rings is 1. The molecule has 0 spiro atoms. The molecule has 0 aliphatic heterocycles. The second-order valence-corrected chi connectivity index (χ2v) is 5.77. The van der Waals surface area contributed by atoms with Crippen LogP contribution in [0, 0.1) is 5.92 Å². The van der Waals surface area contributed by atoms with Crippen LogP contribution in [0.15, 0.2) is 36.7 Å². The van der Waals surface area contributed by atoms with Crippen molar-refractivity contribution in [2.45, 2.75) is 26.3 Å². The number of imidazole rings is 1. The van der Waals surface area contributed by atoms with Gasteiger partial charge in [-0.1, -0.05) is 26.0 Å². The summed E-state index contributed by atoms with van der Waals surface area (Å²) in [4.78, 5) is 16.6. The first-order chi connectivity index (χ1) is 10.5. The smallest absolute Gasteiger partial charge is 0.221 e. The second-order valence-electron chi connectivity index (χ2n) is 5.77. The van der Waals surface area contributed by atoms with Gasteiger partial charge in [0.05, 0.1) is 7.11 Å². The maximum Gasteiger partial charge on any atom is 0.221 e. The van der Waals surface area contributed by atoms with E-state index < -0.39 is 0 Å². The maximum absolute atomic E-state index is 12.2. The lowest BCUT2D eigenvalue weighted by molar-refractivity contribution is -0.122. The average Bonchev–Trinajstić information content (AvgIpc) is 2.90. The molecule has 22 heavy (non-hydrogen) atoms. The highest BCUT2D eigenvalue weighted by Crippen LogP contribution is 2.23. The molecule has 118 valence electrons. The van der Waals surface area contributed by atoms with Crippen molar-refractivity contribution in [2.24, 2.45) is 13.0 Å². The van der Waals surface area contributed by atoms with Crippen LogP contribution in [0.2, 0.25) is 0 Å². The summed E-state index contributed by atoms with van der Waals surface area (Å²) < 4.78 is 7.11. The summed E-state index contributed by atoms with van der Waals surface area (Å²) >= 11 is 0. The van der Waals surface area contributed by atoms with Gasteiger partial charge >= 0.3 is 0 Å². The van der Waals surface area contributed by atoms with E-state index in [4.69, 9.17) is 4.74 Å². The summed E-state index contributed by atoms with van der Waals surface area (Å²) in [6.45, 7) is 4.06. The van der Waals surface area contributed by atoms with Crippen molar-refractivity contribution in [1.82, 2.24) is 14.9 Å². The predicted molar refractivity (Wildman–Crippen MR) is 85.6 cm³/mol. The zero-order valence-electron chi connectivity index (χ0n) is 13.5. The summed E-state index contributed by atoms with van der Waals surface area (Å²) in [6.07, 6.45) is 4.11. The molecule has 2 aromatic rings. The fraction of sp³-hybridized carbons (Fsp3) is 0.412. The summed E-state index contributed by atoms with van der Waals surface area (Å²) in [5.74, 6) is 1.94. The third kappa shape index (κ3) is 3.87. The maximum atomic E-state index is 12.2. The lowest BCUT2D eigenvalue weighted by atomic mass is 10.0. The van der Waals surface area contributed by atoms with E-state index in [0.717, 1.165) is 17.1 Å². The SMILES string of the molecule is COc1ccc(C(NC(=O)CC(C)C)c2nccn2C)cc1. The van der Waals surface area contributed by atoms with Gasteiger partial charge in [-0.25, -0.2) is 4.98 Å². The summed E-state index contributed by atoms with van der Waals surface area (Å²) in [7, 11) is 3.56. The van der Waals surface area contributed by atoms with E-state index in [1.807, 2.05) is 55.9 Å². The number of methoxy groups -OCH3 is 1. The van der Waals surface area contributed by atoms with Crippen LogP contribution in [-0.2, 0) is 11.8 Å². The number of carbonyl (C=O) groups is 1. The van der Waals surface area contributed by atoms with E-state index in [2.05, 4.69) is 10.3 Å². The van der Waals surface area contributed by atoms with Gasteiger partial charge in [0.2, 0.25) is 5.91 Å². The van der Waals surface area contributed by atoms with E-state index in [0.29, 0.717) is 12.3 Å². The van der Waals surface area contributed by atoms with Crippen LogP contribution in [-0.4, -0.2) is 22.6 Å². The molecule has 1 aromatic carbocycles. The predicted octanol–water partition coefficient (Wildman–Crippen LogP) is 2.68. The Morgan fingerprint density at radius 3 is 2.50 bits per heavy atom. The number of aromatic nitrogens is 2. The molecule has 0 fully saturated rings. The molecule has 1 unspecified atom stereocenters. The Kier molecular flexibility index (Phi) is 5.20. The van der Waals surface area contributed by atoms with Gasteiger partial charge in [0.25, 0.3) is 0 Å². The summed E-state index contributed by atoms with van der Waals surface area (Å²) in [5, 5.41) is 3.08. The first kappa shape index (κ1) is 16.1. The minimum atomic E-state index is -0.267. The van der Waals surface area contributed by atoms with E-state index in [-0.39, 0.29) is 11.9 Å². The number of aryl methyl sites for hydroxylation is 1. The van der Waals surface area contributed by atoms with Crippen LogP contribution in [0.25, 0.3) is 0 Å². The molecule has 0 radical (unpaired) electrons. The van der Waals surface area contributed by atoms with Crippen molar-refractivity contribution in [3.63, 3.8) is 0 Å². The minimum Gasteiger partial charge on any atom is -0.497 e. The van der Waals surface area contributed by atoms with E-state index in [1.165, 1.54) is 0 Å². The van der Waals surface area contributed by atoms with Crippen molar-refractivity contribution in [3.05, 3.63) is 48.0 Å². The molecule has 1 atom stereocenters. The highest BCUT2D eigenvalue weighted by molar-refractivity contribution is 5.77. The molecule has 0 saturated heterocycles. The molecule has 1 heterocycles. The number of nitrogens with one attached hydrogen (secondary N) is 1. The number of ether oxygens (including phenoxy) is 1. The van der Waals surface area contributed by atoms with Crippen LogP contribution in [0.4, 0.5) is 0 Å². The van der Waals surface area contributed by atoms with E-state index >= 15 is 0 Å². The monoisotopic (exact) mass is 301 g/mol. The molecule has 1 N–H and O–H groups in total. The first-order valence-electron chi connectivity index (χ1n) is 7.41. The molecular formula is C17H23N3O2. The fourth-order valence-electron chi connectivity index (χ4n) is 2.34.